The van der Waals surface area contributed by atoms with Crippen LogP contribution in [0, 0.1) is 0 Å². The van der Waals surface area contributed by atoms with Gasteiger partial charge in [-0.1, -0.05) is 115 Å². The topological polar surface area (TPSA) is 35.9 Å². The van der Waals surface area contributed by atoms with E-state index in [1.54, 1.807) is 0 Å². The molecule has 0 unspecified atom stereocenters. The zero-order chi connectivity index (χ0) is 29.9. The van der Waals surface area contributed by atoms with E-state index in [1.807, 2.05) is 6.07 Å². The summed E-state index contributed by atoms with van der Waals surface area (Å²) in [6, 6.07) is 58.4. The van der Waals surface area contributed by atoms with Crippen LogP contribution < -0.4 is 5.73 Å². The second-order valence-electron chi connectivity index (χ2n) is 11.6. The molecule has 9 rings (SSSR count). The molecule has 2 heterocycles. The fourth-order valence-corrected chi connectivity index (χ4v) is 7.10. The Hall–Kier alpha value is -6.06. The maximum absolute atomic E-state index is 6.82. The van der Waals surface area contributed by atoms with Crippen LogP contribution in [0.15, 0.2) is 164 Å². The zero-order valence-corrected chi connectivity index (χ0v) is 24.6. The Labute approximate surface area is 261 Å². The van der Waals surface area contributed by atoms with E-state index in [0.717, 1.165) is 44.8 Å². The molecule has 0 aliphatic rings. The Morgan fingerprint density at radius 3 is 1.38 bits per heavy atom. The molecule has 2 N–H and O–H groups in total. The van der Waals surface area contributed by atoms with Crippen LogP contribution in [-0.2, 0) is 0 Å². The third kappa shape index (κ3) is 3.91. The van der Waals surface area contributed by atoms with Gasteiger partial charge in [-0.3, -0.25) is 0 Å². The summed E-state index contributed by atoms with van der Waals surface area (Å²) < 4.78 is 4.70. The summed E-state index contributed by atoms with van der Waals surface area (Å²) in [5.41, 5.74) is 19.0. The molecule has 0 atom stereocenters. The second kappa shape index (κ2) is 10.0. The predicted molar refractivity (Wildman–Crippen MR) is 190 cm³/mol. The lowest BCUT2D eigenvalue weighted by molar-refractivity contribution is 1.18. The summed E-state index contributed by atoms with van der Waals surface area (Å²) in [6.45, 7) is 0. The van der Waals surface area contributed by atoms with Gasteiger partial charge in [-0.25, -0.2) is 0 Å². The maximum atomic E-state index is 6.82. The normalized spacial score (nSPS) is 11.6. The second-order valence-corrected chi connectivity index (χ2v) is 11.6. The number of benzene rings is 7. The van der Waals surface area contributed by atoms with Crippen LogP contribution in [-0.4, -0.2) is 9.13 Å². The summed E-state index contributed by atoms with van der Waals surface area (Å²) in [7, 11) is 0. The van der Waals surface area contributed by atoms with Crippen molar-refractivity contribution in [2.24, 2.45) is 0 Å². The third-order valence-corrected chi connectivity index (χ3v) is 9.06. The molecule has 0 saturated carbocycles. The first-order valence-electron chi connectivity index (χ1n) is 15.3. The monoisotopic (exact) mass is 575 g/mol. The molecule has 0 fully saturated rings. The van der Waals surface area contributed by atoms with Crippen molar-refractivity contribution in [3.05, 3.63) is 164 Å². The van der Waals surface area contributed by atoms with E-state index < -0.39 is 0 Å². The first-order chi connectivity index (χ1) is 22.3. The zero-order valence-electron chi connectivity index (χ0n) is 24.6. The Morgan fingerprint density at radius 2 is 0.800 bits per heavy atom. The highest BCUT2D eigenvalue weighted by Crippen LogP contribution is 2.40. The molecule has 0 saturated heterocycles. The summed E-state index contributed by atoms with van der Waals surface area (Å²) in [5.74, 6) is 0. The Bertz CT molecular complexity index is 2460. The van der Waals surface area contributed by atoms with E-state index in [0.29, 0.717) is 0 Å². The number of anilines is 1. The minimum absolute atomic E-state index is 0.748. The van der Waals surface area contributed by atoms with Crippen LogP contribution in [0.3, 0.4) is 0 Å². The van der Waals surface area contributed by atoms with Gasteiger partial charge >= 0.3 is 0 Å². The minimum atomic E-state index is 0.748. The molecular formula is C42H29N3. The highest BCUT2D eigenvalue weighted by atomic mass is 15.0. The number of para-hydroxylation sites is 5. The van der Waals surface area contributed by atoms with Crippen molar-refractivity contribution >= 4 is 49.3 Å². The number of hydrogen-bond donors (Lipinski definition) is 1. The van der Waals surface area contributed by atoms with Gasteiger partial charge in [-0.2, -0.15) is 0 Å². The predicted octanol–water partition coefficient (Wildman–Crippen LogP) is 10.8. The van der Waals surface area contributed by atoms with Gasteiger partial charge in [0, 0.05) is 32.8 Å². The minimum Gasteiger partial charge on any atom is -0.397 e. The van der Waals surface area contributed by atoms with Gasteiger partial charge < -0.3 is 14.9 Å². The SMILES string of the molecule is Nc1cccc(-c2cccc(-c3cccc(-n4c5ccccc5c5ccccc54)c3)c2)c1-n1c2ccccc2c2ccccc21. The lowest BCUT2D eigenvalue weighted by Gasteiger charge is -2.17. The summed E-state index contributed by atoms with van der Waals surface area (Å²) >= 11 is 0. The summed E-state index contributed by atoms with van der Waals surface area (Å²) in [5, 5.41) is 4.97. The number of fused-ring (bicyclic) bond motifs is 6. The van der Waals surface area contributed by atoms with Crippen molar-refractivity contribution in [1.29, 1.82) is 0 Å². The van der Waals surface area contributed by atoms with Gasteiger partial charge in [0.05, 0.1) is 33.4 Å². The fraction of sp³-hybridized carbons (Fsp3) is 0. The summed E-state index contributed by atoms with van der Waals surface area (Å²) in [4.78, 5) is 0. The largest absolute Gasteiger partial charge is 0.397 e. The molecule has 3 nitrogen and oxygen atoms in total. The van der Waals surface area contributed by atoms with Gasteiger partial charge in [0.2, 0.25) is 0 Å². The highest BCUT2D eigenvalue weighted by Gasteiger charge is 2.18. The molecule has 0 aliphatic carbocycles. The molecule has 3 heteroatoms. The number of nitrogens with two attached hydrogens (primary N) is 1. The number of rotatable bonds is 4. The van der Waals surface area contributed by atoms with Crippen molar-refractivity contribution in [3.8, 4) is 33.6 Å². The van der Waals surface area contributed by atoms with Crippen LogP contribution >= 0.6 is 0 Å². The van der Waals surface area contributed by atoms with Crippen LogP contribution in [0.25, 0.3) is 77.2 Å². The van der Waals surface area contributed by atoms with Crippen molar-refractivity contribution in [2.75, 3.05) is 5.73 Å². The van der Waals surface area contributed by atoms with E-state index in [4.69, 9.17) is 5.73 Å². The first-order valence-corrected chi connectivity index (χ1v) is 15.3. The average Bonchev–Trinajstić information content (AvgIpc) is 3.61. The molecular weight excluding hydrogens is 546 g/mol. The Kier molecular flexibility index (Phi) is 5.66. The van der Waals surface area contributed by atoms with E-state index in [-0.39, 0.29) is 0 Å². The molecule has 9 aromatic rings. The molecule has 45 heavy (non-hydrogen) atoms. The molecule has 0 spiro atoms. The molecule has 7 aromatic carbocycles. The van der Waals surface area contributed by atoms with Gasteiger partial charge in [-0.05, 0) is 65.2 Å². The number of nitrogens with zero attached hydrogens (tertiary/aromatic N) is 2. The molecule has 0 radical (unpaired) electrons. The third-order valence-electron chi connectivity index (χ3n) is 9.06. The van der Waals surface area contributed by atoms with Crippen molar-refractivity contribution in [2.45, 2.75) is 0 Å². The van der Waals surface area contributed by atoms with Crippen molar-refractivity contribution in [1.82, 2.24) is 9.13 Å². The molecule has 0 aliphatic heterocycles. The van der Waals surface area contributed by atoms with Crippen molar-refractivity contribution in [3.63, 3.8) is 0 Å². The summed E-state index contributed by atoms with van der Waals surface area (Å²) in [6.07, 6.45) is 0. The number of hydrogen-bond acceptors (Lipinski definition) is 1. The van der Waals surface area contributed by atoms with Gasteiger partial charge in [0.15, 0.2) is 0 Å². The smallest absolute Gasteiger partial charge is 0.0770 e. The van der Waals surface area contributed by atoms with E-state index in [2.05, 4.69) is 167 Å². The maximum Gasteiger partial charge on any atom is 0.0770 e. The van der Waals surface area contributed by atoms with Gasteiger partial charge in [-0.15, -0.1) is 0 Å². The van der Waals surface area contributed by atoms with Crippen LogP contribution in [0.5, 0.6) is 0 Å². The van der Waals surface area contributed by atoms with E-state index in [1.165, 1.54) is 38.1 Å². The van der Waals surface area contributed by atoms with Gasteiger partial charge in [0.25, 0.3) is 0 Å². The van der Waals surface area contributed by atoms with Crippen LogP contribution in [0.2, 0.25) is 0 Å². The quantitative estimate of drug-likeness (QED) is 0.208. The fourth-order valence-electron chi connectivity index (χ4n) is 7.10. The molecule has 0 amide bonds. The lowest BCUT2D eigenvalue weighted by Crippen LogP contribution is -2.02. The number of aromatic nitrogens is 2. The average molecular weight is 576 g/mol. The number of nitrogen functional groups attached to an aromatic ring is 1. The van der Waals surface area contributed by atoms with Crippen LogP contribution in [0.1, 0.15) is 0 Å². The van der Waals surface area contributed by atoms with Crippen molar-refractivity contribution < 1.29 is 0 Å². The standard InChI is InChI=1S/C42H29N3/c43-37-21-11-20-32(42(37)45-40-24-7-3-18-35(40)36-19-4-8-25-41(36)45)30-14-9-12-28(26-30)29-13-10-15-31(27-29)44-38-22-5-1-16-33(38)34-17-2-6-23-39(34)44/h1-27H,43H2. The first kappa shape index (κ1) is 25.4. The lowest BCUT2D eigenvalue weighted by atomic mass is 9.97. The van der Waals surface area contributed by atoms with E-state index >= 15 is 0 Å². The Balaban J connectivity index is 1.22. The Morgan fingerprint density at radius 1 is 0.356 bits per heavy atom. The van der Waals surface area contributed by atoms with E-state index in [9.17, 15) is 0 Å². The molecule has 0 bridgehead atoms. The van der Waals surface area contributed by atoms with Gasteiger partial charge in [0.1, 0.15) is 0 Å². The highest BCUT2D eigenvalue weighted by molar-refractivity contribution is 6.11. The molecule has 212 valence electrons. The van der Waals surface area contributed by atoms with Crippen LogP contribution in [0.4, 0.5) is 5.69 Å². The molecule has 2 aromatic heterocycles.